The molecule has 1 amide bonds. The molecule has 1 aromatic carbocycles. The zero-order valence-corrected chi connectivity index (χ0v) is 17.8. The lowest BCUT2D eigenvalue weighted by atomic mass is 10.1. The summed E-state index contributed by atoms with van der Waals surface area (Å²) < 4.78 is 33.1. The Kier molecular flexibility index (Phi) is 6.34. The quantitative estimate of drug-likeness (QED) is 0.730. The fourth-order valence-electron chi connectivity index (χ4n) is 4.03. The first-order valence-corrected chi connectivity index (χ1v) is 11.9. The zero-order chi connectivity index (χ0) is 21.0. The molecule has 2 aromatic rings. The number of rotatable bonds is 5. The first-order valence-electron chi connectivity index (χ1n) is 10.5. The molecule has 2 fully saturated rings. The normalized spacial score (nSPS) is 20.7. The van der Waals surface area contributed by atoms with E-state index >= 15 is 0 Å². The van der Waals surface area contributed by atoms with Gasteiger partial charge in [-0.15, -0.1) is 0 Å². The number of aromatic nitrogens is 1. The molecule has 2 aliphatic rings. The number of piperidine rings is 2. The van der Waals surface area contributed by atoms with E-state index in [0.717, 1.165) is 37.9 Å². The number of pyridine rings is 1. The van der Waals surface area contributed by atoms with Crippen LogP contribution in [0.5, 0.6) is 5.75 Å². The van der Waals surface area contributed by atoms with E-state index in [9.17, 15) is 13.2 Å². The van der Waals surface area contributed by atoms with Gasteiger partial charge < -0.3 is 9.64 Å². The number of carbonyl (C=O) groups is 1. The van der Waals surface area contributed by atoms with Crippen LogP contribution in [0.15, 0.2) is 53.7 Å². The lowest BCUT2D eigenvalue weighted by Crippen LogP contribution is -2.44. The van der Waals surface area contributed by atoms with Gasteiger partial charge in [0.2, 0.25) is 10.0 Å². The molecule has 0 N–H and O–H groups in total. The van der Waals surface area contributed by atoms with Crippen molar-refractivity contribution in [3.63, 3.8) is 0 Å². The minimum absolute atomic E-state index is 0.0659. The fraction of sp³-hybridized carbons (Fsp3) is 0.455. The maximum atomic E-state index is 13.0. The number of sulfonamides is 1. The third kappa shape index (κ3) is 4.65. The number of nitrogens with zero attached hydrogens (tertiary/aromatic N) is 3. The Balaban J connectivity index is 1.41. The van der Waals surface area contributed by atoms with Crippen LogP contribution in [0.1, 0.15) is 42.5 Å². The minimum Gasteiger partial charge on any atom is -0.488 e. The van der Waals surface area contributed by atoms with Gasteiger partial charge in [-0.1, -0.05) is 6.42 Å². The van der Waals surface area contributed by atoms with Crippen LogP contribution in [-0.4, -0.2) is 60.8 Å². The molecule has 0 saturated carbocycles. The first kappa shape index (κ1) is 20.8. The fourth-order valence-corrected chi connectivity index (χ4v) is 5.55. The van der Waals surface area contributed by atoms with E-state index in [2.05, 4.69) is 4.98 Å². The molecule has 2 aliphatic heterocycles. The third-order valence-corrected chi connectivity index (χ3v) is 7.58. The molecule has 0 unspecified atom stereocenters. The highest BCUT2D eigenvalue weighted by atomic mass is 32.2. The van der Waals surface area contributed by atoms with Gasteiger partial charge in [0.05, 0.1) is 11.4 Å². The molecule has 1 atom stereocenters. The number of ether oxygens (including phenoxy) is 1. The van der Waals surface area contributed by atoms with E-state index < -0.39 is 10.0 Å². The summed E-state index contributed by atoms with van der Waals surface area (Å²) in [5.74, 6) is 0.650. The van der Waals surface area contributed by atoms with Gasteiger partial charge >= 0.3 is 0 Å². The summed E-state index contributed by atoms with van der Waals surface area (Å²) in [7, 11) is -3.49. The Hall–Kier alpha value is -2.45. The molecular formula is C22H27N3O4S. The van der Waals surface area contributed by atoms with E-state index in [4.69, 9.17) is 4.74 Å². The van der Waals surface area contributed by atoms with Gasteiger partial charge in [-0.25, -0.2) is 8.42 Å². The van der Waals surface area contributed by atoms with Crippen molar-refractivity contribution in [3.8, 4) is 5.75 Å². The second-order valence-electron chi connectivity index (χ2n) is 7.81. The highest BCUT2D eigenvalue weighted by Gasteiger charge is 2.28. The molecule has 3 heterocycles. The Morgan fingerprint density at radius 2 is 1.63 bits per heavy atom. The van der Waals surface area contributed by atoms with Crippen LogP contribution in [0.2, 0.25) is 0 Å². The molecule has 0 bridgehead atoms. The van der Waals surface area contributed by atoms with Crippen molar-refractivity contribution in [2.75, 3.05) is 26.2 Å². The number of carbonyl (C=O) groups excluding carboxylic acids is 1. The molecule has 160 valence electrons. The molecule has 1 aromatic heterocycles. The average molecular weight is 430 g/mol. The van der Waals surface area contributed by atoms with E-state index in [0.29, 0.717) is 31.7 Å². The van der Waals surface area contributed by atoms with Crippen molar-refractivity contribution in [2.45, 2.75) is 43.1 Å². The summed E-state index contributed by atoms with van der Waals surface area (Å²) in [6, 6.07) is 9.95. The number of benzene rings is 1. The van der Waals surface area contributed by atoms with Gasteiger partial charge in [-0.2, -0.15) is 4.31 Å². The summed E-state index contributed by atoms with van der Waals surface area (Å²) in [5, 5.41) is 0. The molecule has 0 spiro atoms. The number of hydrogen-bond acceptors (Lipinski definition) is 5. The zero-order valence-electron chi connectivity index (χ0n) is 16.9. The monoisotopic (exact) mass is 429 g/mol. The van der Waals surface area contributed by atoms with Crippen molar-refractivity contribution in [2.24, 2.45) is 0 Å². The van der Waals surface area contributed by atoms with E-state index in [1.54, 1.807) is 45.9 Å². The maximum Gasteiger partial charge on any atom is 0.253 e. The Labute approximate surface area is 177 Å². The van der Waals surface area contributed by atoms with Gasteiger partial charge in [0.25, 0.3) is 5.91 Å². The number of amides is 1. The molecule has 4 rings (SSSR count). The van der Waals surface area contributed by atoms with Crippen LogP contribution in [0.3, 0.4) is 0 Å². The Morgan fingerprint density at radius 1 is 0.933 bits per heavy atom. The molecule has 7 nitrogen and oxygen atoms in total. The average Bonchev–Trinajstić information content (AvgIpc) is 2.80. The topological polar surface area (TPSA) is 79.8 Å². The van der Waals surface area contributed by atoms with Gasteiger partial charge in [-0.05, 0) is 62.1 Å². The van der Waals surface area contributed by atoms with Crippen molar-refractivity contribution in [1.82, 2.24) is 14.2 Å². The molecule has 2 saturated heterocycles. The maximum absolute atomic E-state index is 13.0. The van der Waals surface area contributed by atoms with Crippen molar-refractivity contribution in [1.29, 1.82) is 0 Å². The number of likely N-dealkylation sites (tertiary alicyclic amines) is 1. The molecule has 8 heteroatoms. The lowest BCUT2D eigenvalue weighted by Gasteiger charge is -2.33. The Morgan fingerprint density at radius 3 is 2.33 bits per heavy atom. The second kappa shape index (κ2) is 9.14. The SMILES string of the molecule is O=C(c1ccc(S(=O)(=O)N2CCCCC2)cc1)N1CCC[C@H](Oc2ccncc2)C1. The van der Waals surface area contributed by atoms with Gasteiger partial charge in [-0.3, -0.25) is 9.78 Å². The van der Waals surface area contributed by atoms with Crippen molar-refractivity contribution < 1.29 is 17.9 Å². The van der Waals surface area contributed by atoms with Crippen LogP contribution in [0.4, 0.5) is 0 Å². The lowest BCUT2D eigenvalue weighted by molar-refractivity contribution is 0.0537. The standard InChI is InChI=1S/C22H27N3O4S/c26-22(24-14-4-5-20(17-24)29-19-10-12-23-13-11-19)18-6-8-21(9-7-18)30(27,28)25-15-2-1-3-16-25/h6-13,20H,1-5,14-17H2/t20-/m0/s1. The van der Waals surface area contributed by atoms with Gasteiger partial charge in [0.1, 0.15) is 11.9 Å². The minimum atomic E-state index is -3.49. The summed E-state index contributed by atoms with van der Waals surface area (Å²) >= 11 is 0. The third-order valence-electron chi connectivity index (χ3n) is 5.67. The van der Waals surface area contributed by atoms with Gasteiger partial charge in [0, 0.05) is 37.6 Å². The summed E-state index contributed by atoms with van der Waals surface area (Å²) in [5.41, 5.74) is 0.497. The predicted molar refractivity (Wildman–Crippen MR) is 113 cm³/mol. The van der Waals surface area contributed by atoms with Gasteiger partial charge in [0.15, 0.2) is 0 Å². The summed E-state index contributed by atoms with van der Waals surface area (Å²) in [6.07, 6.45) is 7.91. The van der Waals surface area contributed by atoms with Crippen LogP contribution >= 0.6 is 0 Å². The summed E-state index contributed by atoms with van der Waals surface area (Å²) in [6.45, 7) is 2.31. The molecular weight excluding hydrogens is 402 g/mol. The predicted octanol–water partition coefficient (Wildman–Crippen LogP) is 2.94. The molecule has 30 heavy (non-hydrogen) atoms. The largest absolute Gasteiger partial charge is 0.488 e. The van der Waals surface area contributed by atoms with Crippen LogP contribution < -0.4 is 4.74 Å². The number of hydrogen-bond donors (Lipinski definition) is 0. The van der Waals surface area contributed by atoms with Crippen LogP contribution in [0.25, 0.3) is 0 Å². The van der Waals surface area contributed by atoms with Crippen LogP contribution in [0, 0.1) is 0 Å². The second-order valence-corrected chi connectivity index (χ2v) is 9.74. The molecule has 0 aliphatic carbocycles. The van der Waals surface area contributed by atoms with E-state index in [1.807, 2.05) is 12.1 Å². The van der Waals surface area contributed by atoms with Crippen LogP contribution in [-0.2, 0) is 10.0 Å². The van der Waals surface area contributed by atoms with Crippen molar-refractivity contribution in [3.05, 3.63) is 54.4 Å². The first-order chi connectivity index (χ1) is 14.5. The molecule has 0 radical (unpaired) electrons. The summed E-state index contributed by atoms with van der Waals surface area (Å²) in [4.78, 5) is 19.0. The van der Waals surface area contributed by atoms with E-state index in [-0.39, 0.29) is 16.9 Å². The van der Waals surface area contributed by atoms with E-state index in [1.165, 1.54) is 0 Å². The van der Waals surface area contributed by atoms with Crippen molar-refractivity contribution >= 4 is 15.9 Å². The smallest absolute Gasteiger partial charge is 0.253 e. The highest BCUT2D eigenvalue weighted by Crippen LogP contribution is 2.23. The Bertz CT molecular complexity index is 958. The highest BCUT2D eigenvalue weighted by molar-refractivity contribution is 7.89.